The maximum atomic E-state index is 10.6. The molecule has 13 heavy (non-hydrogen) atoms. The van der Waals surface area contributed by atoms with E-state index in [0.717, 1.165) is 12.8 Å². The summed E-state index contributed by atoms with van der Waals surface area (Å²) in [7, 11) is 0. The molecule has 1 N–H and O–H groups in total. The van der Waals surface area contributed by atoms with Crippen LogP contribution in [0.1, 0.15) is 16.9 Å². The van der Waals surface area contributed by atoms with Gasteiger partial charge in [0.1, 0.15) is 0 Å². The second-order valence-electron chi connectivity index (χ2n) is 3.67. The van der Waals surface area contributed by atoms with Gasteiger partial charge in [0.25, 0.3) is 0 Å². The lowest BCUT2D eigenvalue weighted by Crippen LogP contribution is -2.00. The molecular weight excluding hydrogens is 184 g/mol. The van der Waals surface area contributed by atoms with Gasteiger partial charge in [0, 0.05) is 4.88 Å². The van der Waals surface area contributed by atoms with Crippen LogP contribution in [0.4, 0.5) is 0 Å². The molecule has 1 aliphatic carbocycles. The van der Waals surface area contributed by atoms with Crippen LogP contribution in [0.15, 0.2) is 11.4 Å². The standard InChI is InChI=1S/C10H12O2S/c1-6-2-3-13-9(6)5-7-4-8(7)10(11)12/h2-3,7-8H,4-5H2,1H3,(H,11,12). The predicted octanol–water partition coefficient (Wildman–Crippen LogP) is 2.32. The molecule has 3 heteroatoms. The van der Waals surface area contributed by atoms with E-state index in [0.29, 0.717) is 5.92 Å². The van der Waals surface area contributed by atoms with E-state index in [2.05, 4.69) is 18.4 Å². The average Bonchev–Trinajstić information content (AvgIpc) is 2.72. The lowest BCUT2D eigenvalue weighted by Gasteiger charge is -1.96. The zero-order valence-corrected chi connectivity index (χ0v) is 8.30. The second kappa shape index (κ2) is 3.14. The molecule has 0 aromatic carbocycles. The molecule has 70 valence electrons. The first kappa shape index (κ1) is 8.75. The number of carbonyl (C=O) groups is 1. The van der Waals surface area contributed by atoms with Crippen molar-refractivity contribution in [3.05, 3.63) is 21.9 Å². The Hall–Kier alpha value is -0.830. The van der Waals surface area contributed by atoms with Crippen LogP contribution < -0.4 is 0 Å². The summed E-state index contributed by atoms with van der Waals surface area (Å²) >= 11 is 1.74. The molecular formula is C10H12O2S. The highest BCUT2D eigenvalue weighted by Crippen LogP contribution is 2.42. The molecule has 1 heterocycles. The first-order valence-electron chi connectivity index (χ1n) is 4.44. The zero-order chi connectivity index (χ0) is 9.42. The van der Waals surface area contributed by atoms with Gasteiger partial charge in [0.15, 0.2) is 0 Å². The highest BCUT2D eigenvalue weighted by molar-refractivity contribution is 7.10. The molecule has 2 rings (SSSR count). The van der Waals surface area contributed by atoms with Gasteiger partial charge in [-0.15, -0.1) is 11.3 Å². The van der Waals surface area contributed by atoms with Crippen molar-refractivity contribution in [1.82, 2.24) is 0 Å². The van der Waals surface area contributed by atoms with E-state index < -0.39 is 5.97 Å². The van der Waals surface area contributed by atoms with Crippen LogP contribution in [0.3, 0.4) is 0 Å². The van der Waals surface area contributed by atoms with Crippen molar-refractivity contribution in [1.29, 1.82) is 0 Å². The minimum Gasteiger partial charge on any atom is -0.481 e. The summed E-state index contributed by atoms with van der Waals surface area (Å²) in [6.45, 7) is 2.09. The first-order chi connectivity index (χ1) is 6.18. The van der Waals surface area contributed by atoms with Gasteiger partial charge in [-0.1, -0.05) is 0 Å². The van der Waals surface area contributed by atoms with E-state index in [4.69, 9.17) is 5.11 Å². The Bertz CT molecular complexity index is 329. The molecule has 0 aliphatic heterocycles. The Balaban J connectivity index is 1.95. The monoisotopic (exact) mass is 196 g/mol. The number of hydrogen-bond acceptors (Lipinski definition) is 2. The van der Waals surface area contributed by atoms with Gasteiger partial charge in [-0.25, -0.2) is 0 Å². The molecule has 1 fully saturated rings. The Morgan fingerprint density at radius 2 is 2.54 bits per heavy atom. The normalized spacial score (nSPS) is 25.9. The van der Waals surface area contributed by atoms with Crippen LogP contribution in [0.5, 0.6) is 0 Å². The lowest BCUT2D eigenvalue weighted by molar-refractivity contribution is -0.138. The molecule has 2 nitrogen and oxygen atoms in total. The van der Waals surface area contributed by atoms with Gasteiger partial charge in [-0.3, -0.25) is 4.79 Å². The minimum atomic E-state index is -0.626. The van der Waals surface area contributed by atoms with Gasteiger partial charge >= 0.3 is 5.97 Å². The number of hydrogen-bond donors (Lipinski definition) is 1. The van der Waals surface area contributed by atoms with Crippen LogP contribution in [-0.4, -0.2) is 11.1 Å². The van der Waals surface area contributed by atoms with E-state index in [1.54, 1.807) is 11.3 Å². The summed E-state index contributed by atoms with van der Waals surface area (Å²) < 4.78 is 0. The summed E-state index contributed by atoms with van der Waals surface area (Å²) in [6, 6.07) is 2.10. The number of aliphatic carboxylic acids is 1. The van der Waals surface area contributed by atoms with E-state index in [1.807, 2.05) is 0 Å². The number of rotatable bonds is 3. The maximum absolute atomic E-state index is 10.6. The smallest absolute Gasteiger partial charge is 0.306 e. The van der Waals surface area contributed by atoms with Crippen LogP contribution >= 0.6 is 11.3 Å². The van der Waals surface area contributed by atoms with Gasteiger partial charge < -0.3 is 5.11 Å². The third kappa shape index (κ3) is 1.75. The van der Waals surface area contributed by atoms with Crippen molar-refractivity contribution in [3.8, 4) is 0 Å². The molecule has 2 atom stereocenters. The third-order valence-corrected chi connectivity index (χ3v) is 3.70. The molecule has 1 aliphatic rings. The quantitative estimate of drug-likeness (QED) is 0.805. The summed E-state index contributed by atoms with van der Waals surface area (Å²) in [5.41, 5.74) is 1.31. The van der Waals surface area contributed by atoms with Gasteiger partial charge in [0.2, 0.25) is 0 Å². The predicted molar refractivity (Wildman–Crippen MR) is 52.0 cm³/mol. The Labute approximate surface area is 81.2 Å². The van der Waals surface area contributed by atoms with Crippen LogP contribution in [0, 0.1) is 18.8 Å². The van der Waals surface area contributed by atoms with Crippen molar-refractivity contribution in [2.45, 2.75) is 19.8 Å². The number of carboxylic acids is 1. The van der Waals surface area contributed by atoms with Gasteiger partial charge in [0.05, 0.1) is 5.92 Å². The summed E-state index contributed by atoms with van der Waals surface area (Å²) in [6.07, 6.45) is 1.83. The van der Waals surface area contributed by atoms with Crippen molar-refractivity contribution >= 4 is 17.3 Å². The molecule has 0 amide bonds. The molecule has 0 spiro atoms. The van der Waals surface area contributed by atoms with E-state index in [9.17, 15) is 4.79 Å². The van der Waals surface area contributed by atoms with Gasteiger partial charge in [-0.2, -0.15) is 0 Å². The fourth-order valence-electron chi connectivity index (χ4n) is 1.63. The summed E-state index contributed by atoms with van der Waals surface area (Å²) in [5, 5.41) is 10.8. The average molecular weight is 196 g/mol. The molecule has 0 bridgehead atoms. The maximum Gasteiger partial charge on any atom is 0.306 e. The van der Waals surface area contributed by atoms with Crippen molar-refractivity contribution < 1.29 is 9.90 Å². The summed E-state index contributed by atoms with van der Waals surface area (Å²) in [5.74, 6) is -0.296. The largest absolute Gasteiger partial charge is 0.481 e. The zero-order valence-electron chi connectivity index (χ0n) is 7.49. The van der Waals surface area contributed by atoms with Crippen LogP contribution in [0.25, 0.3) is 0 Å². The lowest BCUT2D eigenvalue weighted by atomic mass is 10.1. The summed E-state index contributed by atoms with van der Waals surface area (Å²) in [4.78, 5) is 11.9. The highest BCUT2D eigenvalue weighted by Gasteiger charge is 2.43. The van der Waals surface area contributed by atoms with E-state index in [-0.39, 0.29) is 5.92 Å². The SMILES string of the molecule is Cc1ccsc1CC1CC1C(=O)O. The minimum absolute atomic E-state index is 0.0681. The Morgan fingerprint density at radius 1 is 1.77 bits per heavy atom. The van der Waals surface area contributed by atoms with Crippen LogP contribution in [0.2, 0.25) is 0 Å². The molecule has 2 unspecified atom stereocenters. The highest BCUT2D eigenvalue weighted by atomic mass is 32.1. The Morgan fingerprint density at radius 3 is 3.00 bits per heavy atom. The van der Waals surface area contributed by atoms with E-state index >= 15 is 0 Å². The molecule has 0 saturated heterocycles. The van der Waals surface area contributed by atoms with Crippen LogP contribution in [-0.2, 0) is 11.2 Å². The Kier molecular flexibility index (Phi) is 2.12. The second-order valence-corrected chi connectivity index (χ2v) is 4.67. The molecule has 1 saturated carbocycles. The van der Waals surface area contributed by atoms with Gasteiger partial charge in [-0.05, 0) is 42.7 Å². The number of carboxylic acid groups (broad SMARTS) is 1. The third-order valence-electron chi connectivity index (χ3n) is 2.66. The van der Waals surface area contributed by atoms with E-state index in [1.165, 1.54) is 10.4 Å². The fraction of sp³-hybridized carbons (Fsp3) is 0.500. The van der Waals surface area contributed by atoms with Crippen molar-refractivity contribution in [2.24, 2.45) is 11.8 Å². The topological polar surface area (TPSA) is 37.3 Å². The molecule has 1 aromatic rings. The number of thiophene rings is 1. The van der Waals surface area contributed by atoms with Crippen molar-refractivity contribution in [2.75, 3.05) is 0 Å². The molecule has 0 radical (unpaired) electrons. The first-order valence-corrected chi connectivity index (χ1v) is 5.32. The number of aryl methyl sites for hydroxylation is 1. The molecule has 1 aromatic heterocycles. The van der Waals surface area contributed by atoms with Crippen molar-refractivity contribution in [3.63, 3.8) is 0 Å². The fourth-order valence-corrected chi connectivity index (χ4v) is 2.63.